The van der Waals surface area contributed by atoms with E-state index in [1.807, 2.05) is 0 Å². The molecule has 0 aliphatic carbocycles. The number of hydrogen-bond acceptors (Lipinski definition) is 23. The van der Waals surface area contributed by atoms with Crippen molar-refractivity contribution in [3.63, 3.8) is 0 Å². The molecule has 8 N–H and O–H groups in total. The molecule has 0 saturated carbocycles. The quantitative estimate of drug-likeness (QED) is 0.0632. The van der Waals surface area contributed by atoms with Crippen LogP contribution in [-0.4, -0.2) is 163 Å². The summed E-state index contributed by atoms with van der Waals surface area (Å²) in [6, 6.07) is 0. The van der Waals surface area contributed by atoms with Gasteiger partial charge in [-0.15, -0.1) is 0 Å². The number of hydrogen-bond donors (Lipinski definition) is 8. The summed E-state index contributed by atoms with van der Waals surface area (Å²) < 4.78 is 233. The largest absolute Gasteiger partial charge is 0.397 e. The zero-order chi connectivity index (χ0) is 36.6. The molecule has 2 saturated heterocycles. The summed E-state index contributed by atoms with van der Waals surface area (Å²) in [5.41, 5.74) is 0. The van der Waals surface area contributed by atoms with Gasteiger partial charge in [-0.1, -0.05) is 0 Å². The highest BCUT2D eigenvalue weighted by Gasteiger charge is 2.65. The second-order valence-electron chi connectivity index (χ2n) is 8.58. The maximum absolute atomic E-state index is 11.7. The highest BCUT2D eigenvalue weighted by molar-refractivity contribution is 7.82. The Morgan fingerprint density at radius 2 is 0.915 bits per heavy atom. The van der Waals surface area contributed by atoms with Crippen molar-refractivity contribution < 1.29 is 127 Å². The van der Waals surface area contributed by atoms with E-state index in [2.05, 4.69) is 25.1 Å². The van der Waals surface area contributed by atoms with Gasteiger partial charge in [-0.05, 0) is 0 Å². The lowest BCUT2D eigenvalue weighted by atomic mass is 9.99. The fourth-order valence-corrected chi connectivity index (χ4v) is 6.79. The van der Waals surface area contributed by atoms with E-state index in [0.717, 1.165) is 0 Å². The smallest absolute Gasteiger partial charge is 0.394 e. The first kappa shape index (κ1) is 42.2. The van der Waals surface area contributed by atoms with Gasteiger partial charge in [0.25, 0.3) is 0 Å². The van der Waals surface area contributed by atoms with E-state index < -0.39 is 137 Å². The van der Waals surface area contributed by atoms with Crippen molar-refractivity contribution in [3.8, 4) is 0 Å². The van der Waals surface area contributed by atoms with Gasteiger partial charge < -0.3 is 24.4 Å². The van der Waals surface area contributed by atoms with Gasteiger partial charge in [-0.25, -0.2) is 25.1 Å². The van der Waals surface area contributed by atoms with Crippen LogP contribution in [0.1, 0.15) is 0 Å². The van der Waals surface area contributed by atoms with Crippen molar-refractivity contribution >= 4 is 62.4 Å². The summed E-state index contributed by atoms with van der Waals surface area (Å²) in [6.45, 7) is -5.26. The second-order valence-corrected chi connectivity index (χ2v) is 14.9. The van der Waals surface area contributed by atoms with Crippen molar-refractivity contribution in [2.45, 2.75) is 54.8 Å². The van der Waals surface area contributed by atoms with Crippen LogP contribution in [0.4, 0.5) is 0 Å². The highest BCUT2D eigenvalue weighted by Crippen LogP contribution is 2.42. The minimum absolute atomic E-state index is 1.56. The van der Waals surface area contributed by atoms with Crippen LogP contribution in [-0.2, 0) is 102 Å². The third kappa shape index (κ3) is 13.3. The summed E-state index contributed by atoms with van der Waals surface area (Å²) in [6.07, 6.45) is -23.2. The molecular weight excluding hydrogens is 801 g/mol. The third-order valence-corrected chi connectivity index (χ3v) is 8.01. The van der Waals surface area contributed by atoms with E-state index in [0.29, 0.717) is 0 Å². The molecule has 2 rings (SSSR count). The van der Waals surface area contributed by atoms with Crippen molar-refractivity contribution in [2.75, 3.05) is 19.8 Å². The Kier molecular flexibility index (Phi) is 13.2. The van der Waals surface area contributed by atoms with Crippen LogP contribution in [0.25, 0.3) is 0 Å². The summed E-state index contributed by atoms with van der Waals surface area (Å²) in [5.74, 6) is -3.75. The van der Waals surface area contributed by atoms with Crippen LogP contribution in [0.2, 0.25) is 0 Å². The first-order valence-corrected chi connectivity index (χ1v) is 19.2. The predicted molar refractivity (Wildman–Crippen MR) is 131 cm³/mol. The Labute approximate surface area is 263 Å². The van der Waals surface area contributed by atoms with Crippen LogP contribution < -0.4 is 0 Å². The average molecular weight is 823 g/mol. The maximum Gasteiger partial charge on any atom is 0.397 e. The van der Waals surface area contributed by atoms with E-state index in [1.165, 1.54) is 0 Å². The highest BCUT2D eigenvalue weighted by atomic mass is 32.3. The molecule has 0 aromatic carbocycles. The van der Waals surface area contributed by atoms with Gasteiger partial charge in [-0.3, -0.25) is 27.3 Å². The zero-order valence-corrected chi connectivity index (χ0v) is 26.7. The molecule has 0 spiro atoms. The van der Waals surface area contributed by atoms with Crippen molar-refractivity contribution in [1.29, 1.82) is 0 Å². The molecule has 0 bridgehead atoms. The molecule has 0 radical (unpaired) electrons. The van der Waals surface area contributed by atoms with E-state index in [9.17, 15) is 74.4 Å². The number of rotatable bonds is 17. The molecule has 280 valence electrons. The normalized spacial score (nSPS) is 33.2. The molecule has 0 amide bonds. The van der Waals surface area contributed by atoms with Crippen LogP contribution in [0.15, 0.2) is 0 Å². The van der Waals surface area contributed by atoms with Crippen molar-refractivity contribution in [2.24, 2.45) is 0 Å². The van der Waals surface area contributed by atoms with Crippen molar-refractivity contribution in [1.82, 2.24) is 0 Å². The Balaban J connectivity index is 2.91. The SMILES string of the molecule is O=S(=O)(O)OC[C@@]1(O[C@H]2O[C@H](CO)[C@@H](OS(=O)(=O)O)[C@H](OS(=O)(=O)O)[C@H]2OS(=O)(=O)O)O[C@H](CO)[C@@H](OS(=O)(=O)O)[C@@H]1OS(=O)(=O)O. The summed E-state index contributed by atoms with van der Waals surface area (Å²) in [4.78, 5) is 0. The minimum Gasteiger partial charge on any atom is -0.394 e. The Morgan fingerprint density at radius 1 is 0.511 bits per heavy atom. The monoisotopic (exact) mass is 822 g/mol. The molecule has 9 atom stereocenters. The summed E-state index contributed by atoms with van der Waals surface area (Å²) >= 11 is 0. The van der Waals surface area contributed by atoms with Crippen LogP contribution in [0, 0.1) is 0 Å². The molecule has 2 aliphatic heterocycles. The first-order valence-electron chi connectivity index (χ1n) is 11.0. The Morgan fingerprint density at radius 3 is 1.32 bits per heavy atom. The average Bonchev–Trinajstić information content (AvgIpc) is 3.08. The van der Waals surface area contributed by atoms with Gasteiger partial charge in [0.2, 0.25) is 5.79 Å². The number of aliphatic hydroxyl groups is 2. The van der Waals surface area contributed by atoms with Crippen LogP contribution in [0.3, 0.4) is 0 Å². The van der Waals surface area contributed by atoms with E-state index in [1.54, 1.807) is 0 Å². The van der Waals surface area contributed by atoms with Gasteiger partial charge in [0.15, 0.2) is 18.5 Å². The molecular formula is C12H22O29S6. The molecule has 2 fully saturated rings. The topological polar surface area (TPSA) is 450 Å². The second kappa shape index (κ2) is 14.7. The molecule has 29 nitrogen and oxygen atoms in total. The van der Waals surface area contributed by atoms with Gasteiger partial charge in [0, 0.05) is 0 Å². The number of ether oxygens (including phenoxy) is 3. The third-order valence-electron chi connectivity index (χ3n) is 5.28. The van der Waals surface area contributed by atoms with Crippen molar-refractivity contribution in [3.05, 3.63) is 0 Å². The summed E-state index contributed by atoms with van der Waals surface area (Å²) in [7, 11) is -35.3. The standard InChI is InChI=1S/C12H22O29S6/c13-1-4-6(37-43(18,19)20)8(39-45(24,25)26)9(40-46(27,28)29)11(34-4)36-12(3-33-42(15,16)17)10(41-47(30,31)32)7(5(2-14)35-12)38-44(21,22)23/h4-11,13-14H,1-3H2,(H,15,16,17)(H,18,19,20)(H,21,22,23)(H,24,25,26)(H,27,28,29)(H,30,31,32)/t4-,5-,6-,7-,8+,9-,10+,11-,12+/m1/s1. The van der Waals surface area contributed by atoms with Gasteiger partial charge in [0.1, 0.15) is 37.1 Å². The van der Waals surface area contributed by atoms with E-state index in [4.69, 9.17) is 27.9 Å². The van der Waals surface area contributed by atoms with Gasteiger partial charge in [0.05, 0.1) is 13.2 Å². The first-order chi connectivity index (χ1) is 20.9. The maximum atomic E-state index is 11.7. The number of aliphatic hydroxyl groups excluding tert-OH is 2. The summed E-state index contributed by atoms with van der Waals surface area (Å²) in [5, 5.41) is 19.4. The minimum atomic E-state index is -6.02. The van der Waals surface area contributed by atoms with Gasteiger partial charge >= 0.3 is 62.4 Å². The molecule has 2 heterocycles. The molecule has 0 aromatic heterocycles. The molecule has 35 heteroatoms. The van der Waals surface area contributed by atoms with Crippen LogP contribution in [0.5, 0.6) is 0 Å². The Bertz CT molecular complexity index is 1770. The molecule has 0 aromatic rings. The van der Waals surface area contributed by atoms with E-state index >= 15 is 0 Å². The van der Waals surface area contributed by atoms with E-state index in [-0.39, 0.29) is 0 Å². The van der Waals surface area contributed by atoms with Gasteiger partial charge in [-0.2, -0.15) is 50.5 Å². The lowest BCUT2D eigenvalue weighted by molar-refractivity contribution is -0.374. The fourth-order valence-electron chi connectivity index (χ4n) is 3.96. The molecule has 0 unspecified atom stereocenters. The predicted octanol–water partition coefficient (Wildman–Crippen LogP) is -6.43. The molecule has 47 heavy (non-hydrogen) atoms. The van der Waals surface area contributed by atoms with Crippen LogP contribution >= 0.6 is 0 Å². The Hall–Kier alpha value is -0.980. The zero-order valence-electron chi connectivity index (χ0n) is 21.8. The molecule has 2 aliphatic rings. The fraction of sp³-hybridized carbons (Fsp3) is 1.00. The lowest BCUT2D eigenvalue weighted by Crippen LogP contribution is -2.65. The lowest BCUT2D eigenvalue weighted by Gasteiger charge is -2.45.